The molecule has 4 rings (SSSR count). The quantitative estimate of drug-likeness (QED) is 0.840. The lowest BCUT2D eigenvalue weighted by molar-refractivity contribution is 0.130. The van der Waals surface area contributed by atoms with Crippen molar-refractivity contribution in [1.82, 2.24) is 24.6 Å². The molecule has 2 fully saturated rings. The average molecular weight is 355 g/mol. The first-order chi connectivity index (χ1) is 12.6. The monoisotopic (exact) mass is 355 g/mol. The zero-order chi connectivity index (χ0) is 18.5. The van der Waals surface area contributed by atoms with E-state index in [1.165, 1.54) is 25.5 Å². The highest BCUT2D eigenvalue weighted by molar-refractivity contribution is 5.65. The van der Waals surface area contributed by atoms with Crippen LogP contribution >= 0.6 is 0 Å². The van der Waals surface area contributed by atoms with Crippen LogP contribution in [0.15, 0.2) is 18.6 Å². The predicted octanol–water partition coefficient (Wildman–Crippen LogP) is 1.59. The Labute approximate surface area is 153 Å². The van der Waals surface area contributed by atoms with Crippen LogP contribution in [-0.4, -0.2) is 56.0 Å². The molecule has 3 N–H and O–H groups in total. The summed E-state index contributed by atoms with van der Waals surface area (Å²) in [5.74, 6) is 0.158. The van der Waals surface area contributed by atoms with Crippen LogP contribution in [0, 0.1) is 11.3 Å². The van der Waals surface area contributed by atoms with Crippen LogP contribution in [0.25, 0.3) is 11.3 Å². The van der Waals surface area contributed by atoms with E-state index in [4.69, 9.17) is 16.1 Å². The van der Waals surface area contributed by atoms with Gasteiger partial charge in [0, 0.05) is 24.8 Å². The average Bonchev–Trinajstić information content (AvgIpc) is 3.09. The van der Waals surface area contributed by atoms with Crippen molar-refractivity contribution in [2.24, 2.45) is 0 Å². The van der Waals surface area contributed by atoms with Gasteiger partial charge in [-0.3, -0.25) is 4.68 Å². The van der Waals surface area contributed by atoms with Gasteiger partial charge >= 0.3 is 0 Å². The number of nitriles is 1. The Kier molecular flexibility index (Phi) is 5.81. The summed E-state index contributed by atoms with van der Waals surface area (Å²) in [4.78, 5) is 10.2. The minimum Gasteiger partial charge on any atom is -0.393 e. The Morgan fingerprint density at radius 1 is 1.23 bits per heavy atom. The molecule has 1 saturated heterocycles. The lowest BCUT2D eigenvalue weighted by Crippen LogP contribution is -2.45. The van der Waals surface area contributed by atoms with Crippen molar-refractivity contribution in [2.75, 3.05) is 25.9 Å². The number of hydrogen-bond acceptors (Lipinski definition) is 7. The molecule has 138 valence electrons. The number of nitrogen functional groups attached to an aromatic ring is 1. The van der Waals surface area contributed by atoms with Crippen molar-refractivity contribution in [1.29, 1.82) is 5.26 Å². The van der Waals surface area contributed by atoms with Gasteiger partial charge in [0.25, 0.3) is 0 Å². The predicted molar refractivity (Wildman–Crippen MR) is 98.0 cm³/mol. The summed E-state index contributed by atoms with van der Waals surface area (Å²) in [5, 5.41) is 22.3. The summed E-state index contributed by atoms with van der Waals surface area (Å²) >= 11 is 0. The fourth-order valence-corrected chi connectivity index (χ4v) is 3.27. The maximum Gasteiger partial charge on any atom is 0.220 e. The fraction of sp³-hybridized carbons (Fsp3) is 0.556. The number of nitrogens with two attached hydrogens (primary N) is 1. The van der Waals surface area contributed by atoms with Crippen LogP contribution in [0.3, 0.4) is 0 Å². The number of nitrogens with zero attached hydrogens (tertiary/aromatic N) is 6. The van der Waals surface area contributed by atoms with E-state index in [9.17, 15) is 0 Å². The van der Waals surface area contributed by atoms with E-state index in [0.717, 1.165) is 31.5 Å². The number of rotatable bonds is 2. The van der Waals surface area contributed by atoms with Crippen LogP contribution in [0.5, 0.6) is 0 Å². The molecule has 1 aliphatic carbocycles. The van der Waals surface area contributed by atoms with Crippen LogP contribution < -0.4 is 5.73 Å². The number of likely N-dealkylation sites (N-methyl/N-ethyl adjacent to an activating group) is 1. The van der Waals surface area contributed by atoms with E-state index in [-0.39, 0.29) is 12.1 Å². The van der Waals surface area contributed by atoms with E-state index in [1.807, 2.05) is 10.9 Å². The van der Waals surface area contributed by atoms with Crippen LogP contribution in [0.2, 0.25) is 0 Å². The van der Waals surface area contributed by atoms with Crippen molar-refractivity contribution in [3.05, 3.63) is 24.2 Å². The van der Waals surface area contributed by atoms with Gasteiger partial charge in [-0.1, -0.05) is 19.3 Å². The molecule has 0 unspecified atom stereocenters. The third-order valence-electron chi connectivity index (χ3n) is 4.80. The summed E-state index contributed by atoms with van der Waals surface area (Å²) in [7, 11) is 2.07. The van der Waals surface area contributed by atoms with Crippen LogP contribution in [-0.2, 0) is 0 Å². The van der Waals surface area contributed by atoms with Gasteiger partial charge in [-0.05, 0) is 19.9 Å². The Bertz CT molecular complexity index is 770. The fourth-order valence-electron chi connectivity index (χ4n) is 3.27. The van der Waals surface area contributed by atoms with Gasteiger partial charge < -0.3 is 15.7 Å². The molecule has 1 aliphatic heterocycles. The number of aliphatic hydroxyl groups excluding tert-OH is 1. The molecule has 8 nitrogen and oxygen atoms in total. The molecule has 0 radical (unpaired) electrons. The highest BCUT2D eigenvalue weighted by atomic mass is 16.3. The van der Waals surface area contributed by atoms with Gasteiger partial charge in [-0.25, -0.2) is 9.97 Å². The Hall–Kier alpha value is -2.50. The molecule has 2 aromatic rings. The maximum atomic E-state index is 9.07. The van der Waals surface area contributed by atoms with Crippen LogP contribution in [0.1, 0.15) is 43.7 Å². The highest BCUT2D eigenvalue weighted by Crippen LogP contribution is 2.24. The normalized spacial score (nSPS) is 18.5. The van der Waals surface area contributed by atoms with Gasteiger partial charge in [-0.2, -0.15) is 10.4 Å². The van der Waals surface area contributed by atoms with Crippen molar-refractivity contribution in [3.8, 4) is 17.3 Å². The number of hydrogen-bond donors (Lipinski definition) is 2. The number of aromatic nitrogens is 4. The molecule has 2 aromatic heterocycles. The lowest BCUT2D eigenvalue weighted by Gasteiger charge is -2.36. The van der Waals surface area contributed by atoms with E-state index >= 15 is 0 Å². The number of aliphatic hydroxyl groups is 1. The molecule has 3 heterocycles. The third-order valence-corrected chi connectivity index (χ3v) is 4.80. The molecule has 8 heteroatoms. The summed E-state index contributed by atoms with van der Waals surface area (Å²) in [6, 6.07) is 2.46. The minimum atomic E-state index is 0.0359. The zero-order valence-corrected chi connectivity index (χ0v) is 15.0. The van der Waals surface area contributed by atoms with Crippen molar-refractivity contribution < 1.29 is 5.11 Å². The number of likely N-dealkylation sites (tertiary alicyclic amines) is 1. The Morgan fingerprint density at radius 3 is 2.54 bits per heavy atom. The van der Waals surface area contributed by atoms with Crippen molar-refractivity contribution in [3.63, 3.8) is 0 Å². The van der Waals surface area contributed by atoms with Crippen LogP contribution in [0.4, 0.5) is 5.95 Å². The van der Waals surface area contributed by atoms with E-state index in [0.29, 0.717) is 17.3 Å². The van der Waals surface area contributed by atoms with Crippen molar-refractivity contribution >= 4 is 5.95 Å². The van der Waals surface area contributed by atoms with Gasteiger partial charge in [0.05, 0.1) is 35.8 Å². The third kappa shape index (κ3) is 4.36. The van der Waals surface area contributed by atoms with E-state index in [2.05, 4.69) is 33.1 Å². The standard InChI is InChI=1S/C12H13N7.C6H12O/c1-18-6-10(7-18)19-5-9(4-16-19)11-8(2-13)3-15-12(14)17-11;7-6-4-2-1-3-5-6/h3-5,10H,6-7H2,1H3,(H2,14,15,17);6-7H,1-5H2. The summed E-state index contributed by atoms with van der Waals surface area (Å²) in [5.41, 5.74) is 7.31. The molecule has 0 amide bonds. The lowest BCUT2D eigenvalue weighted by atomic mass is 9.98. The van der Waals surface area contributed by atoms with Gasteiger partial charge in [0.15, 0.2) is 0 Å². The second-order valence-corrected chi connectivity index (χ2v) is 6.98. The Balaban J connectivity index is 0.000000236. The molecule has 2 aliphatic rings. The largest absolute Gasteiger partial charge is 0.393 e. The van der Waals surface area contributed by atoms with E-state index in [1.54, 1.807) is 6.20 Å². The highest BCUT2D eigenvalue weighted by Gasteiger charge is 2.25. The van der Waals surface area contributed by atoms with Crippen molar-refractivity contribution in [2.45, 2.75) is 44.2 Å². The molecule has 0 bridgehead atoms. The molecular formula is C18H25N7O. The molecule has 1 saturated carbocycles. The first-order valence-corrected chi connectivity index (χ1v) is 9.00. The molecular weight excluding hydrogens is 330 g/mol. The SMILES string of the molecule is CN1CC(n2cc(-c3nc(N)ncc3C#N)cn2)C1.OC1CCCCC1. The smallest absolute Gasteiger partial charge is 0.220 e. The maximum absolute atomic E-state index is 9.07. The van der Waals surface area contributed by atoms with Gasteiger partial charge in [0.1, 0.15) is 6.07 Å². The summed E-state index contributed by atoms with van der Waals surface area (Å²) in [6.07, 6.45) is 11.0. The summed E-state index contributed by atoms with van der Waals surface area (Å²) < 4.78 is 1.91. The van der Waals surface area contributed by atoms with Gasteiger partial charge in [-0.15, -0.1) is 0 Å². The Morgan fingerprint density at radius 2 is 1.96 bits per heavy atom. The second-order valence-electron chi connectivity index (χ2n) is 6.98. The molecule has 0 atom stereocenters. The second kappa shape index (κ2) is 8.25. The first-order valence-electron chi connectivity index (χ1n) is 9.00. The minimum absolute atomic E-state index is 0.0359. The molecule has 26 heavy (non-hydrogen) atoms. The topological polar surface area (TPSA) is 117 Å². The number of anilines is 1. The first kappa shape index (κ1) is 18.3. The van der Waals surface area contributed by atoms with E-state index < -0.39 is 0 Å². The van der Waals surface area contributed by atoms with Gasteiger partial charge in [0.2, 0.25) is 5.95 Å². The molecule has 0 spiro atoms. The molecule has 0 aromatic carbocycles. The zero-order valence-electron chi connectivity index (χ0n) is 15.0. The summed E-state index contributed by atoms with van der Waals surface area (Å²) in [6.45, 7) is 1.97.